The summed E-state index contributed by atoms with van der Waals surface area (Å²) in [5, 5.41) is 11.6. The Bertz CT molecular complexity index is 792. The van der Waals surface area contributed by atoms with E-state index in [1.807, 2.05) is 12.1 Å². The van der Waals surface area contributed by atoms with Crippen molar-refractivity contribution < 1.29 is 13.9 Å². The molecular weight excluding hydrogens is 220 g/mol. The normalized spacial score (nSPS) is 11.4. The van der Waals surface area contributed by atoms with Crippen molar-refractivity contribution >= 4 is 21.9 Å². The molecule has 17 heavy (non-hydrogen) atoms. The number of aromatic hydroxyl groups is 1. The zero-order valence-electron chi connectivity index (χ0n) is 9.40. The van der Waals surface area contributed by atoms with E-state index in [0.29, 0.717) is 11.3 Å². The highest BCUT2D eigenvalue weighted by Gasteiger charge is 2.14. The van der Waals surface area contributed by atoms with Crippen molar-refractivity contribution in [2.45, 2.75) is 13.8 Å². The van der Waals surface area contributed by atoms with Crippen LogP contribution in [0.4, 0.5) is 0 Å². The van der Waals surface area contributed by atoms with Gasteiger partial charge < -0.3 is 13.9 Å². The van der Waals surface area contributed by atoms with Gasteiger partial charge >= 0.3 is 5.63 Å². The van der Waals surface area contributed by atoms with E-state index in [1.54, 1.807) is 13.8 Å². The van der Waals surface area contributed by atoms with Crippen LogP contribution in [0.25, 0.3) is 21.9 Å². The molecular formula is C13H10O4. The minimum atomic E-state index is -0.479. The number of furan rings is 1. The third-order valence-corrected chi connectivity index (χ3v) is 2.82. The molecule has 4 nitrogen and oxygen atoms in total. The smallest absolute Gasteiger partial charge is 0.336 e. The summed E-state index contributed by atoms with van der Waals surface area (Å²) in [5.41, 5.74) is 0.820. The van der Waals surface area contributed by atoms with Gasteiger partial charge in [0.25, 0.3) is 0 Å². The second kappa shape index (κ2) is 3.13. The molecule has 0 aliphatic carbocycles. The van der Waals surface area contributed by atoms with E-state index in [2.05, 4.69) is 0 Å². The molecule has 2 heterocycles. The fourth-order valence-electron chi connectivity index (χ4n) is 2.06. The zero-order valence-corrected chi connectivity index (χ0v) is 9.40. The van der Waals surface area contributed by atoms with Crippen LogP contribution in [0.1, 0.15) is 11.3 Å². The Labute approximate surface area is 96.1 Å². The first-order chi connectivity index (χ1) is 8.06. The Morgan fingerprint density at radius 2 is 1.82 bits per heavy atom. The third kappa shape index (κ3) is 1.34. The van der Waals surface area contributed by atoms with Crippen LogP contribution >= 0.6 is 0 Å². The first-order valence-electron chi connectivity index (χ1n) is 5.23. The number of phenols is 1. The lowest BCUT2D eigenvalue weighted by Gasteiger charge is -2.02. The van der Waals surface area contributed by atoms with Gasteiger partial charge in [-0.1, -0.05) is 0 Å². The Morgan fingerprint density at radius 3 is 2.59 bits per heavy atom. The molecule has 3 rings (SSSR count). The molecule has 3 aromatic rings. The molecule has 4 heteroatoms. The van der Waals surface area contributed by atoms with E-state index >= 15 is 0 Å². The van der Waals surface area contributed by atoms with Gasteiger partial charge in [0.05, 0.1) is 0 Å². The number of benzene rings is 1. The summed E-state index contributed by atoms with van der Waals surface area (Å²) in [4.78, 5) is 11.3. The first-order valence-corrected chi connectivity index (χ1v) is 5.23. The predicted octanol–water partition coefficient (Wildman–Crippen LogP) is 2.86. The van der Waals surface area contributed by atoms with Gasteiger partial charge in [-0.2, -0.15) is 0 Å². The van der Waals surface area contributed by atoms with E-state index < -0.39 is 5.63 Å². The van der Waals surface area contributed by atoms with Gasteiger partial charge in [-0.3, -0.25) is 0 Å². The first kappa shape index (κ1) is 9.96. The van der Waals surface area contributed by atoms with Gasteiger partial charge in [-0.15, -0.1) is 0 Å². The highest BCUT2D eigenvalue weighted by Crippen LogP contribution is 2.35. The monoisotopic (exact) mass is 230 g/mol. The molecule has 0 aliphatic heterocycles. The van der Waals surface area contributed by atoms with Crippen molar-refractivity contribution in [3.8, 4) is 5.75 Å². The van der Waals surface area contributed by atoms with Gasteiger partial charge in [-0.25, -0.2) is 4.79 Å². The number of rotatable bonds is 0. The lowest BCUT2D eigenvalue weighted by molar-refractivity contribution is 0.447. The van der Waals surface area contributed by atoms with E-state index in [4.69, 9.17) is 8.83 Å². The van der Waals surface area contributed by atoms with Crippen LogP contribution in [-0.2, 0) is 0 Å². The summed E-state index contributed by atoms with van der Waals surface area (Å²) in [6.45, 7) is 3.60. The van der Waals surface area contributed by atoms with Crippen LogP contribution in [-0.4, -0.2) is 5.11 Å². The van der Waals surface area contributed by atoms with Crippen molar-refractivity contribution in [2.24, 2.45) is 0 Å². The maximum Gasteiger partial charge on any atom is 0.336 e. The van der Waals surface area contributed by atoms with Crippen molar-refractivity contribution in [3.05, 3.63) is 39.9 Å². The van der Waals surface area contributed by atoms with E-state index in [0.717, 1.165) is 16.3 Å². The quantitative estimate of drug-likeness (QED) is 0.603. The van der Waals surface area contributed by atoms with Crippen molar-refractivity contribution in [2.75, 3.05) is 0 Å². The molecule has 0 unspecified atom stereocenters. The summed E-state index contributed by atoms with van der Waals surface area (Å²) >= 11 is 0. The average molecular weight is 230 g/mol. The molecule has 2 aromatic heterocycles. The molecule has 1 aromatic carbocycles. The number of phenolic OH excluding ortho intramolecular Hbond substituents is 1. The molecule has 0 fully saturated rings. The lowest BCUT2D eigenvalue weighted by Crippen LogP contribution is -1.97. The predicted molar refractivity (Wildman–Crippen MR) is 63.4 cm³/mol. The van der Waals surface area contributed by atoms with Gasteiger partial charge in [0.15, 0.2) is 11.2 Å². The number of aryl methyl sites for hydroxylation is 2. The molecule has 0 saturated carbocycles. The second-order valence-corrected chi connectivity index (χ2v) is 4.13. The van der Waals surface area contributed by atoms with E-state index in [9.17, 15) is 9.90 Å². The minimum absolute atomic E-state index is 0.119. The molecule has 0 atom stereocenters. The Morgan fingerprint density at radius 1 is 1.06 bits per heavy atom. The number of hydrogen-bond acceptors (Lipinski definition) is 4. The summed E-state index contributed by atoms with van der Waals surface area (Å²) in [6, 6.07) is 5.08. The highest BCUT2D eigenvalue weighted by atomic mass is 16.4. The third-order valence-electron chi connectivity index (χ3n) is 2.82. The Balaban J connectivity index is 2.63. The number of fused-ring (bicyclic) bond motifs is 2. The van der Waals surface area contributed by atoms with Gasteiger partial charge in [0.2, 0.25) is 5.75 Å². The maximum absolute atomic E-state index is 11.3. The molecule has 1 N–H and O–H groups in total. The summed E-state index contributed by atoms with van der Waals surface area (Å²) in [5.74, 6) is 0.581. The molecule has 0 amide bonds. The summed E-state index contributed by atoms with van der Waals surface area (Å²) < 4.78 is 10.4. The van der Waals surface area contributed by atoms with Crippen LogP contribution in [0.3, 0.4) is 0 Å². The van der Waals surface area contributed by atoms with Crippen LogP contribution in [0, 0.1) is 13.8 Å². The lowest BCUT2D eigenvalue weighted by atomic mass is 10.1. The molecule has 0 aliphatic rings. The Kier molecular flexibility index (Phi) is 1.84. The SMILES string of the molecule is Cc1cc2cc3c(C)cc(=O)oc3c(O)c2o1. The van der Waals surface area contributed by atoms with Crippen LogP contribution in [0.2, 0.25) is 0 Å². The zero-order chi connectivity index (χ0) is 12.2. The van der Waals surface area contributed by atoms with Crippen LogP contribution in [0.5, 0.6) is 5.75 Å². The second-order valence-electron chi connectivity index (χ2n) is 4.13. The number of hydrogen-bond donors (Lipinski definition) is 1. The maximum atomic E-state index is 11.3. The topological polar surface area (TPSA) is 63.6 Å². The average Bonchev–Trinajstić information content (AvgIpc) is 2.62. The van der Waals surface area contributed by atoms with Crippen LogP contribution < -0.4 is 5.63 Å². The highest BCUT2D eigenvalue weighted by molar-refractivity contribution is 6.01. The molecule has 86 valence electrons. The van der Waals surface area contributed by atoms with E-state index in [-0.39, 0.29) is 11.3 Å². The summed E-state index contributed by atoms with van der Waals surface area (Å²) in [6.07, 6.45) is 0. The van der Waals surface area contributed by atoms with Crippen molar-refractivity contribution in [1.29, 1.82) is 0 Å². The van der Waals surface area contributed by atoms with Crippen LogP contribution in [0.15, 0.2) is 31.8 Å². The fourth-order valence-corrected chi connectivity index (χ4v) is 2.06. The van der Waals surface area contributed by atoms with Crippen molar-refractivity contribution in [3.63, 3.8) is 0 Å². The minimum Gasteiger partial charge on any atom is -0.502 e. The molecule has 0 saturated heterocycles. The Hall–Kier alpha value is -2.23. The van der Waals surface area contributed by atoms with E-state index in [1.165, 1.54) is 6.07 Å². The van der Waals surface area contributed by atoms with Gasteiger partial charge in [0, 0.05) is 16.8 Å². The molecule has 0 bridgehead atoms. The fraction of sp³-hybridized carbons (Fsp3) is 0.154. The van der Waals surface area contributed by atoms with Gasteiger partial charge in [-0.05, 0) is 31.5 Å². The summed E-state index contributed by atoms with van der Waals surface area (Å²) in [7, 11) is 0. The molecule has 0 spiro atoms. The molecule has 0 radical (unpaired) electrons. The van der Waals surface area contributed by atoms with Gasteiger partial charge in [0.1, 0.15) is 5.76 Å². The van der Waals surface area contributed by atoms with Crippen molar-refractivity contribution in [1.82, 2.24) is 0 Å². The largest absolute Gasteiger partial charge is 0.502 e. The standard InChI is InChI=1S/C13H10O4/c1-6-3-10(14)17-13-9(6)5-8-4-7(2)16-12(8)11(13)15/h3-5,15H,1-2H3.